The number of hydrogen-bond donors (Lipinski definition) is 3. The Morgan fingerprint density at radius 2 is 1.40 bits per heavy atom. The maximum Gasteiger partial charge on any atom is 0.336 e. The van der Waals surface area contributed by atoms with E-state index in [1.807, 2.05) is 0 Å². The molecule has 30 heavy (non-hydrogen) atoms. The van der Waals surface area contributed by atoms with Crippen LogP contribution < -0.4 is 14.8 Å². The summed E-state index contributed by atoms with van der Waals surface area (Å²) in [5.74, 6) is -2.41. The Hall–Kier alpha value is -4.33. The number of anilines is 1. The fourth-order valence-corrected chi connectivity index (χ4v) is 2.76. The minimum atomic E-state index is -1.39. The summed E-state index contributed by atoms with van der Waals surface area (Å²) in [6, 6.07) is 16.9. The first kappa shape index (κ1) is 20.4. The van der Waals surface area contributed by atoms with Crippen LogP contribution >= 0.6 is 0 Å². The van der Waals surface area contributed by atoms with Gasteiger partial charge in [-0.2, -0.15) is 0 Å². The van der Waals surface area contributed by atoms with E-state index in [1.54, 1.807) is 48.5 Å². The van der Waals surface area contributed by atoms with Gasteiger partial charge in [-0.1, -0.05) is 24.3 Å². The van der Waals surface area contributed by atoms with Crippen molar-refractivity contribution in [1.82, 2.24) is 0 Å². The predicted molar refractivity (Wildman–Crippen MR) is 108 cm³/mol. The number of para-hydroxylation sites is 3. The number of benzene rings is 3. The molecule has 8 nitrogen and oxygen atoms in total. The van der Waals surface area contributed by atoms with E-state index in [-0.39, 0.29) is 17.1 Å². The number of carbonyl (C=O) groups is 3. The van der Waals surface area contributed by atoms with Gasteiger partial charge in [-0.3, -0.25) is 4.79 Å². The molecule has 0 atom stereocenters. The van der Waals surface area contributed by atoms with Crippen molar-refractivity contribution in [3.05, 3.63) is 83.4 Å². The van der Waals surface area contributed by atoms with Crippen LogP contribution in [-0.4, -0.2) is 35.2 Å². The van der Waals surface area contributed by atoms with Gasteiger partial charge in [-0.25, -0.2) is 9.59 Å². The van der Waals surface area contributed by atoms with Crippen molar-refractivity contribution in [1.29, 1.82) is 0 Å². The molecule has 8 heteroatoms. The van der Waals surface area contributed by atoms with Crippen LogP contribution in [0.2, 0.25) is 0 Å². The zero-order chi connectivity index (χ0) is 21.7. The zero-order valence-corrected chi connectivity index (χ0v) is 15.8. The molecular weight excluding hydrogens is 390 g/mol. The van der Waals surface area contributed by atoms with Crippen molar-refractivity contribution in [2.75, 3.05) is 12.4 Å². The second-order valence-corrected chi connectivity index (χ2v) is 6.07. The summed E-state index contributed by atoms with van der Waals surface area (Å²) in [6.07, 6.45) is 0. The van der Waals surface area contributed by atoms with Gasteiger partial charge in [-0.15, -0.1) is 0 Å². The van der Waals surface area contributed by atoms with E-state index >= 15 is 0 Å². The van der Waals surface area contributed by atoms with E-state index in [0.29, 0.717) is 17.0 Å². The van der Waals surface area contributed by atoms with Gasteiger partial charge in [-0.05, 0) is 42.5 Å². The molecule has 1 amide bonds. The smallest absolute Gasteiger partial charge is 0.336 e. The van der Waals surface area contributed by atoms with Crippen molar-refractivity contribution >= 4 is 23.5 Å². The van der Waals surface area contributed by atoms with Gasteiger partial charge in [0.25, 0.3) is 5.91 Å². The third-order valence-corrected chi connectivity index (χ3v) is 4.17. The average molecular weight is 407 g/mol. The first-order valence-corrected chi connectivity index (χ1v) is 8.72. The highest BCUT2D eigenvalue weighted by Gasteiger charge is 2.18. The highest BCUT2D eigenvalue weighted by Crippen LogP contribution is 2.31. The summed E-state index contributed by atoms with van der Waals surface area (Å²) >= 11 is 0. The average Bonchev–Trinajstić information content (AvgIpc) is 2.74. The van der Waals surface area contributed by atoms with Crippen LogP contribution in [-0.2, 0) is 0 Å². The van der Waals surface area contributed by atoms with Crippen LogP contribution in [0.3, 0.4) is 0 Å². The molecule has 0 aliphatic rings. The van der Waals surface area contributed by atoms with E-state index in [1.165, 1.54) is 13.2 Å². The summed E-state index contributed by atoms with van der Waals surface area (Å²) in [5.41, 5.74) is -0.0930. The number of nitrogens with one attached hydrogen (secondary N) is 1. The number of amides is 1. The Balaban J connectivity index is 1.89. The number of aromatic carboxylic acids is 2. The number of rotatable bonds is 7. The minimum Gasteiger partial charge on any atom is -0.496 e. The molecule has 0 aliphatic carbocycles. The number of carboxylic acids is 2. The van der Waals surface area contributed by atoms with Gasteiger partial charge in [0, 0.05) is 0 Å². The molecule has 152 valence electrons. The standard InChI is InChI=1S/C22H17NO7/c1-29-18-8-4-2-6-15(18)20(24)23-17-7-3-5-9-19(17)30-13-10-11-14(21(25)26)16(12-13)22(27)28/h2-12H,1H3,(H,23,24)(H,25,26)(H,27,28). The van der Waals surface area contributed by atoms with Gasteiger partial charge in [0.15, 0.2) is 5.75 Å². The molecule has 0 saturated carbocycles. The minimum absolute atomic E-state index is 0.108. The van der Waals surface area contributed by atoms with Crippen molar-refractivity contribution in [3.63, 3.8) is 0 Å². The first-order chi connectivity index (χ1) is 14.4. The second-order valence-electron chi connectivity index (χ2n) is 6.07. The first-order valence-electron chi connectivity index (χ1n) is 8.72. The highest BCUT2D eigenvalue weighted by molar-refractivity contribution is 6.07. The zero-order valence-electron chi connectivity index (χ0n) is 15.8. The van der Waals surface area contributed by atoms with Crippen LogP contribution in [0.5, 0.6) is 17.2 Å². The molecule has 0 radical (unpaired) electrons. The molecule has 0 heterocycles. The van der Waals surface area contributed by atoms with E-state index in [0.717, 1.165) is 12.1 Å². The molecule has 0 saturated heterocycles. The maximum atomic E-state index is 12.7. The van der Waals surface area contributed by atoms with E-state index in [2.05, 4.69) is 5.32 Å². The molecule has 0 unspecified atom stereocenters. The third-order valence-electron chi connectivity index (χ3n) is 4.17. The summed E-state index contributed by atoms with van der Waals surface area (Å²) < 4.78 is 10.9. The summed E-state index contributed by atoms with van der Waals surface area (Å²) in [6.45, 7) is 0. The molecule has 0 fully saturated rings. The van der Waals surface area contributed by atoms with E-state index in [4.69, 9.17) is 14.6 Å². The van der Waals surface area contributed by atoms with Gasteiger partial charge in [0.05, 0.1) is 29.5 Å². The molecule has 3 aromatic rings. The largest absolute Gasteiger partial charge is 0.496 e. The van der Waals surface area contributed by atoms with Crippen LogP contribution in [0.25, 0.3) is 0 Å². The lowest BCUT2D eigenvalue weighted by Crippen LogP contribution is -2.13. The summed E-state index contributed by atoms with van der Waals surface area (Å²) in [7, 11) is 1.46. The van der Waals surface area contributed by atoms with Crippen LogP contribution in [0, 0.1) is 0 Å². The Labute approximate surface area is 171 Å². The number of carbonyl (C=O) groups excluding carboxylic acids is 1. The molecule has 3 rings (SSSR count). The van der Waals surface area contributed by atoms with Crippen LogP contribution in [0.4, 0.5) is 5.69 Å². The van der Waals surface area contributed by atoms with Crippen molar-refractivity contribution in [3.8, 4) is 17.2 Å². The van der Waals surface area contributed by atoms with Crippen molar-refractivity contribution < 1.29 is 34.1 Å². The number of methoxy groups -OCH3 is 1. The second kappa shape index (κ2) is 8.78. The van der Waals surface area contributed by atoms with Gasteiger partial charge in [0.1, 0.15) is 11.5 Å². The van der Waals surface area contributed by atoms with E-state index in [9.17, 15) is 19.5 Å². The molecule has 0 bridgehead atoms. The van der Waals surface area contributed by atoms with Crippen LogP contribution in [0.15, 0.2) is 66.7 Å². The molecule has 3 N–H and O–H groups in total. The lowest BCUT2D eigenvalue weighted by molar-refractivity contribution is 0.0651. The molecule has 3 aromatic carbocycles. The van der Waals surface area contributed by atoms with Crippen molar-refractivity contribution in [2.45, 2.75) is 0 Å². The van der Waals surface area contributed by atoms with Gasteiger partial charge >= 0.3 is 11.9 Å². The lowest BCUT2D eigenvalue weighted by atomic mass is 10.1. The lowest BCUT2D eigenvalue weighted by Gasteiger charge is -2.14. The molecule has 0 spiro atoms. The topological polar surface area (TPSA) is 122 Å². The third kappa shape index (κ3) is 4.39. The molecule has 0 aliphatic heterocycles. The highest BCUT2D eigenvalue weighted by atomic mass is 16.5. The normalized spacial score (nSPS) is 10.2. The number of hydrogen-bond acceptors (Lipinski definition) is 5. The van der Waals surface area contributed by atoms with Crippen LogP contribution in [0.1, 0.15) is 31.1 Å². The molecule has 0 aromatic heterocycles. The SMILES string of the molecule is COc1ccccc1C(=O)Nc1ccccc1Oc1ccc(C(=O)O)c(C(=O)O)c1. The maximum absolute atomic E-state index is 12.7. The quantitative estimate of drug-likeness (QED) is 0.538. The Morgan fingerprint density at radius 3 is 2.07 bits per heavy atom. The fraction of sp³-hybridized carbons (Fsp3) is 0.0455. The Bertz CT molecular complexity index is 1120. The monoisotopic (exact) mass is 407 g/mol. The van der Waals surface area contributed by atoms with E-state index < -0.39 is 23.4 Å². The Kier molecular flexibility index (Phi) is 5.97. The molecular formula is C22H17NO7. The fourth-order valence-electron chi connectivity index (χ4n) is 2.76. The Morgan fingerprint density at radius 1 is 0.767 bits per heavy atom. The van der Waals surface area contributed by atoms with Gasteiger partial charge in [0.2, 0.25) is 0 Å². The van der Waals surface area contributed by atoms with Crippen molar-refractivity contribution in [2.24, 2.45) is 0 Å². The summed E-state index contributed by atoms with van der Waals surface area (Å²) in [5, 5.41) is 21.1. The number of carboxylic acid groups (broad SMARTS) is 2. The van der Waals surface area contributed by atoms with Gasteiger partial charge < -0.3 is 25.0 Å². The number of ether oxygens (including phenoxy) is 2. The predicted octanol–water partition coefficient (Wildman–Crippen LogP) is 4.14. The summed E-state index contributed by atoms with van der Waals surface area (Å²) in [4.78, 5) is 35.2.